The van der Waals surface area contributed by atoms with E-state index < -0.39 is 10.0 Å². The van der Waals surface area contributed by atoms with Crippen LogP contribution in [-0.4, -0.2) is 43.6 Å². The average molecular weight is 432 g/mol. The van der Waals surface area contributed by atoms with Crippen LogP contribution in [0.1, 0.15) is 35.7 Å². The number of para-hydroxylation sites is 1. The van der Waals surface area contributed by atoms with Gasteiger partial charge in [0.05, 0.1) is 18.8 Å². The summed E-state index contributed by atoms with van der Waals surface area (Å²) >= 11 is 6.52. The van der Waals surface area contributed by atoms with Gasteiger partial charge in [-0.3, -0.25) is 4.79 Å². The van der Waals surface area contributed by atoms with Crippen LogP contribution in [0.15, 0.2) is 48.5 Å². The molecule has 29 heavy (non-hydrogen) atoms. The molecule has 4 rings (SSSR count). The van der Waals surface area contributed by atoms with Gasteiger partial charge in [-0.15, -0.1) is 0 Å². The Morgan fingerprint density at radius 2 is 1.90 bits per heavy atom. The first kappa shape index (κ1) is 19.9. The van der Waals surface area contributed by atoms with Crippen LogP contribution in [-0.2, 0) is 14.8 Å². The van der Waals surface area contributed by atoms with E-state index in [-0.39, 0.29) is 24.4 Å². The molecule has 0 bridgehead atoms. The van der Waals surface area contributed by atoms with Gasteiger partial charge < -0.3 is 9.88 Å². The van der Waals surface area contributed by atoms with Crippen LogP contribution in [0.2, 0.25) is 5.02 Å². The average Bonchev–Trinajstić information content (AvgIpc) is 3.07. The Kier molecular flexibility index (Phi) is 5.14. The lowest BCUT2D eigenvalue weighted by Gasteiger charge is -2.38. The van der Waals surface area contributed by atoms with Gasteiger partial charge in [-0.05, 0) is 30.2 Å². The number of fused-ring (bicyclic) bond motifs is 3. The van der Waals surface area contributed by atoms with Crippen molar-refractivity contribution in [3.63, 3.8) is 0 Å². The predicted molar refractivity (Wildman–Crippen MR) is 115 cm³/mol. The zero-order valence-electron chi connectivity index (χ0n) is 16.1. The number of hydrogen-bond donors (Lipinski definition) is 2. The summed E-state index contributed by atoms with van der Waals surface area (Å²) in [5, 5.41) is 1.76. The molecule has 6 nitrogen and oxygen atoms in total. The summed E-state index contributed by atoms with van der Waals surface area (Å²) in [5.74, 6) is -0.391. The van der Waals surface area contributed by atoms with Crippen molar-refractivity contribution in [1.82, 2.24) is 14.6 Å². The van der Waals surface area contributed by atoms with E-state index >= 15 is 0 Å². The SMILES string of the molecule is CC1c2[nH]c3ccccc3c2C(c2ccccc2Cl)CN1C(=O)CNS(C)(=O)=O. The van der Waals surface area contributed by atoms with Crippen LogP contribution < -0.4 is 4.72 Å². The number of rotatable bonds is 4. The lowest BCUT2D eigenvalue weighted by molar-refractivity contribution is -0.132. The maximum atomic E-state index is 12.9. The molecule has 2 aromatic carbocycles. The summed E-state index contributed by atoms with van der Waals surface area (Å²) < 4.78 is 25.2. The topological polar surface area (TPSA) is 82.3 Å². The van der Waals surface area contributed by atoms with Gasteiger partial charge in [0.15, 0.2) is 0 Å². The number of carbonyl (C=O) groups excluding carboxylic acids is 1. The van der Waals surface area contributed by atoms with Crippen LogP contribution in [0.4, 0.5) is 0 Å². The highest BCUT2D eigenvalue weighted by molar-refractivity contribution is 7.88. The van der Waals surface area contributed by atoms with Gasteiger partial charge in [-0.2, -0.15) is 0 Å². The van der Waals surface area contributed by atoms with E-state index in [1.807, 2.05) is 49.4 Å². The molecular formula is C21H22ClN3O3S. The molecule has 0 aliphatic carbocycles. The molecule has 1 aromatic heterocycles. The van der Waals surface area contributed by atoms with E-state index in [9.17, 15) is 13.2 Å². The first-order valence-electron chi connectivity index (χ1n) is 9.35. The fraction of sp³-hybridized carbons (Fsp3) is 0.286. The van der Waals surface area contributed by atoms with E-state index in [1.165, 1.54) is 0 Å². The van der Waals surface area contributed by atoms with Crippen LogP contribution in [0.3, 0.4) is 0 Å². The van der Waals surface area contributed by atoms with E-state index in [2.05, 4.69) is 15.8 Å². The summed E-state index contributed by atoms with van der Waals surface area (Å²) in [7, 11) is -3.46. The smallest absolute Gasteiger partial charge is 0.238 e. The number of halogens is 1. The third-order valence-corrected chi connectivity index (χ3v) is 6.49. The number of amides is 1. The molecule has 2 atom stereocenters. The molecule has 2 N–H and O–H groups in total. The van der Waals surface area contributed by atoms with Gasteiger partial charge in [0.2, 0.25) is 15.9 Å². The van der Waals surface area contributed by atoms with Gasteiger partial charge in [-0.25, -0.2) is 13.1 Å². The van der Waals surface area contributed by atoms with Gasteiger partial charge in [0.1, 0.15) is 0 Å². The first-order chi connectivity index (χ1) is 13.8. The highest BCUT2D eigenvalue weighted by Gasteiger charge is 2.37. The summed E-state index contributed by atoms with van der Waals surface area (Å²) in [5.41, 5.74) is 4.04. The largest absolute Gasteiger partial charge is 0.356 e. The van der Waals surface area contributed by atoms with Crippen LogP contribution in [0, 0.1) is 0 Å². The first-order valence-corrected chi connectivity index (χ1v) is 11.6. The van der Waals surface area contributed by atoms with E-state index in [0.29, 0.717) is 11.6 Å². The second-order valence-electron chi connectivity index (χ2n) is 7.39. The molecule has 1 aliphatic heterocycles. The van der Waals surface area contributed by atoms with Gasteiger partial charge in [-0.1, -0.05) is 48.0 Å². The summed E-state index contributed by atoms with van der Waals surface area (Å²) in [6, 6.07) is 15.5. The molecule has 3 aromatic rings. The molecule has 152 valence electrons. The van der Waals surface area contributed by atoms with Crippen molar-refractivity contribution in [2.24, 2.45) is 0 Å². The highest BCUT2D eigenvalue weighted by Crippen LogP contribution is 2.44. The monoisotopic (exact) mass is 431 g/mol. The molecule has 1 aliphatic rings. The molecule has 1 amide bonds. The standard InChI is InChI=1S/C21H22ClN3O3S/c1-13-21-20(15-8-4-6-10-18(15)24-21)16(14-7-3-5-9-17(14)22)12-25(13)19(26)11-23-29(2,27)28/h3-10,13,16,23-24H,11-12H2,1-2H3. The number of hydrogen-bond acceptors (Lipinski definition) is 3. The minimum atomic E-state index is -3.46. The van der Waals surface area contributed by atoms with Gasteiger partial charge in [0, 0.05) is 34.1 Å². The Balaban J connectivity index is 1.82. The number of H-pyrrole nitrogens is 1. The summed E-state index contributed by atoms with van der Waals surface area (Å²) in [6.07, 6.45) is 1.04. The molecule has 0 radical (unpaired) electrons. The second-order valence-corrected chi connectivity index (χ2v) is 9.63. The fourth-order valence-corrected chi connectivity index (χ4v) is 4.77. The zero-order chi connectivity index (χ0) is 20.8. The van der Waals surface area contributed by atoms with Crippen molar-refractivity contribution in [1.29, 1.82) is 0 Å². The lowest BCUT2D eigenvalue weighted by Crippen LogP contribution is -2.45. The number of aromatic amines is 1. The minimum Gasteiger partial charge on any atom is -0.356 e. The number of sulfonamides is 1. The lowest BCUT2D eigenvalue weighted by atomic mass is 9.83. The zero-order valence-corrected chi connectivity index (χ0v) is 17.7. The van der Waals surface area contributed by atoms with Gasteiger partial charge >= 0.3 is 0 Å². The molecular weight excluding hydrogens is 410 g/mol. The highest BCUT2D eigenvalue weighted by atomic mass is 35.5. The predicted octanol–water partition coefficient (Wildman–Crippen LogP) is 3.41. The van der Waals surface area contributed by atoms with Crippen LogP contribution in [0.5, 0.6) is 0 Å². The molecule has 2 unspecified atom stereocenters. The molecule has 0 spiro atoms. The Morgan fingerprint density at radius 3 is 2.62 bits per heavy atom. The Labute approximate surface area is 174 Å². The number of benzene rings is 2. The van der Waals surface area contributed by atoms with Crippen LogP contribution >= 0.6 is 11.6 Å². The molecule has 2 heterocycles. The third-order valence-electron chi connectivity index (χ3n) is 5.48. The van der Waals surface area contributed by atoms with Crippen molar-refractivity contribution in [2.45, 2.75) is 18.9 Å². The van der Waals surface area contributed by atoms with E-state index in [4.69, 9.17) is 11.6 Å². The number of carbonyl (C=O) groups is 1. The van der Waals surface area contributed by atoms with Crippen molar-refractivity contribution < 1.29 is 13.2 Å². The summed E-state index contributed by atoms with van der Waals surface area (Å²) in [4.78, 5) is 18.1. The molecule has 8 heteroatoms. The normalized spacial score (nSPS) is 19.3. The third kappa shape index (κ3) is 3.77. The maximum absolute atomic E-state index is 12.9. The van der Waals surface area contributed by atoms with Crippen molar-refractivity contribution >= 4 is 38.4 Å². The number of nitrogens with zero attached hydrogens (tertiary/aromatic N) is 1. The number of aromatic nitrogens is 1. The van der Waals surface area contributed by atoms with E-state index in [0.717, 1.165) is 34.0 Å². The Bertz CT molecular complexity index is 1190. The van der Waals surface area contributed by atoms with Crippen molar-refractivity contribution in [2.75, 3.05) is 19.3 Å². The second kappa shape index (κ2) is 7.48. The molecule has 0 fully saturated rings. The van der Waals surface area contributed by atoms with Crippen LogP contribution in [0.25, 0.3) is 10.9 Å². The van der Waals surface area contributed by atoms with Crippen molar-refractivity contribution in [3.05, 3.63) is 70.4 Å². The molecule has 0 saturated heterocycles. The molecule has 0 saturated carbocycles. The maximum Gasteiger partial charge on any atom is 0.238 e. The van der Waals surface area contributed by atoms with Crippen molar-refractivity contribution in [3.8, 4) is 0 Å². The fourth-order valence-electron chi connectivity index (χ4n) is 4.12. The van der Waals surface area contributed by atoms with Gasteiger partial charge in [0.25, 0.3) is 0 Å². The van der Waals surface area contributed by atoms with E-state index in [1.54, 1.807) is 4.90 Å². The number of nitrogens with one attached hydrogen (secondary N) is 2. The Morgan fingerprint density at radius 1 is 1.21 bits per heavy atom. The minimum absolute atomic E-state index is 0.117. The Hall–Kier alpha value is -2.35. The quantitative estimate of drug-likeness (QED) is 0.664. The summed E-state index contributed by atoms with van der Waals surface area (Å²) in [6.45, 7) is 2.10.